The average Bonchev–Trinajstić information content (AvgIpc) is 2.24. The summed E-state index contributed by atoms with van der Waals surface area (Å²) in [5.74, 6) is 0. The first-order valence-corrected chi connectivity index (χ1v) is 5.32. The quantitative estimate of drug-likeness (QED) is 0.644. The van der Waals surface area contributed by atoms with E-state index in [0.29, 0.717) is 13.0 Å². The summed E-state index contributed by atoms with van der Waals surface area (Å²) in [6, 6.07) is 0. The van der Waals surface area contributed by atoms with Crippen molar-refractivity contribution >= 4 is 10.0 Å². The van der Waals surface area contributed by atoms with Crippen molar-refractivity contribution in [2.24, 2.45) is 0 Å². The van der Waals surface area contributed by atoms with Gasteiger partial charge < -0.3 is 0 Å². The third-order valence-electron chi connectivity index (χ3n) is 2.09. The molecular formula is C6H14N2O2S. The molecule has 1 heterocycles. The largest absolute Gasteiger partial charge is 0.245 e. The summed E-state index contributed by atoms with van der Waals surface area (Å²) in [6.45, 7) is 2.51. The summed E-state index contributed by atoms with van der Waals surface area (Å²) in [4.78, 5) is 0. The first-order valence-electron chi connectivity index (χ1n) is 3.82. The van der Waals surface area contributed by atoms with E-state index in [1.165, 1.54) is 4.41 Å². The molecule has 1 aliphatic heterocycles. The number of sulfonamides is 1. The molecule has 11 heavy (non-hydrogen) atoms. The van der Waals surface area contributed by atoms with Gasteiger partial charge >= 0.3 is 0 Å². The normalized spacial score (nSPS) is 30.9. The van der Waals surface area contributed by atoms with E-state index in [1.807, 2.05) is 6.92 Å². The van der Waals surface area contributed by atoms with E-state index in [0.717, 1.165) is 6.42 Å². The fourth-order valence-electron chi connectivity index (χ4n) is 1.37. The average molecular weight is 178 g/mol. The zero-order valence-corrected chi connectivity index (χ0v) is 7.69. The molecule has 1 N–H and O–H groups in total. The van der Waals surface area contributed by atoms with Crippen LogP contribution >= 0.6 is 0 Å². The van der Waals surface area contributed by atoms with E-state index in [-0.39, 0.29) is 5.25 Å². The molecule has 0 aromatic rings. The van der Waals surface area contributed by atoms with Gasteiger partial charge in [-0.3, -0.25) is 0 Å². The first-order chi connectivity index (χ1) is 5.12. The molecule has 0 radical (unpaired) electrons. The smallest absolute Gasteiger partial charge is 0.229 e. The lowest BCUT2D eigenvalue weighted by atomic mass is 10.2. The molecule has 0 aliphatic carbocycles. The second kappa shape index (κ2) is 3.08. The molecule has 0 bridgehead atoms. The molecule has 0 spiro atoms. The van der Waals surface area contributed by atoms with Gasteiger partial charge in [-0.1, -0.05) is 6.92 Å². The fourth-order valence-corrected chi connectivity index (χ4v) is 3.17. The molecule has 4 nitrogen and oxygen atoms in total. The molecular weight excluding hydrogens is 164 g/mol. The maximum absolute atomic E-state index is 11.4. The van der Waals surface area contributed by atoms with Crippen LogP contribution in [-0.2, 0) is 10.0 Å². The van der Waals surface area contributed by atoms with Crippen LogP contribution in [0.5, 0.6) is 0 Å². The molecule has 1 atom stereocenters. The van der Waals surface area contributed by atoms with Crippen molar-refractivity contribution in [1.29, 1.82) is 0 Å². The highest BCUT2D eigenvalue weighted by Gasteiger charge is 2.36. The molecule has 5 heteroatoms. The van der Waals surface area contributed by atoms with Crippen LogP contribution in [0.3, 0.4) is 0 Å². The molecule has 66 valence electrons. The Morgan fingerprint density at radius 3 is 2.55 bits per heavy atom. The van der Waals surface area contributed by atoms with E-state index < -0.39 is 10.0 Å². The van der Waals surface area contributed by atoms with Gasteiger partial charge in [0, 0.05) is 6.54 Å². The monoisotopic (exact) mass is 178 g/mol. The Balaban J connectivity index is 2.81. The van der Waals surface area contributed by atoms with Gasteiger partial charge in [0.15, 0.2) is 0 Å². The van der Waals surface area contributed by atoms with Crippen molar-refractivity contribution in [2.75, 3.05) is 13.6 Å². The van der Waals surface area contributed by atoms with E-state index >= 15 is 0 Å². The van der Waals surface area contributed by atoms with Gasteiger partial charge in [0.05, 0.1) is 5.25 Å². The van der Waals surface area contributed by atoms with Crippen molar-refractivity contribution in [3.05, 3.63) is 0 Å². The Kier molecular flexibility index (Phi) is 2.51. The van der Waals surface area contributed by atoms with Crippen LogP contribution in [0.2, 0.25) is 0 Å². The minimum Gasteiger partial charge on any atom is -0.245 e. The number of hydrogen-bond acceptors (Lipinski definition) is 3. The summed E-state index contributed by atoms with van der Waals surface area (Å²) in [5.41, 5.74) is 2.66. The number of nitrogens with zero attached hydrogens (tertiary/aromatic N) is 1. The first kappa shape index (κ1) is 8.96. The molecule has 1 rings (SSSR count). The predicted octanol–water partition coefficient (Wildman–Crippen LogP) is -0.0651. The number of rotatable bonds is 2. The van der Waals surface area contributed by atoms with Gasteiger partial charge in [-0.15, -0.1) is 4.41 Å². The maximum atomic E-state index is 11.4. The second-order valence-electron chi connectivity index (χ2n) is 2.66. The fraction of sp³-hybridized carbons (Fsp3) is 1.00. The summed E-state index contributed by atoms with van der Waals surface area (Å²) in [7, 11) is -1.37. The third-order valence-corrected chi connectivity index (χ3v) is 4.48. The van der Waals surface area contributed by atoms with Crippen molar-refractivity contribution in [1.82, 2.24) is 9.84 Å². The van der Waals surface area contributed by atoms with Gasteiger partial charge in [0.1, 0.15) is 0 Å². The van der Waals surface area contributed by atoms with Crippen LogP contribution in [0.15, 0.2) is 0 Å². The van der Waals surface area contributed by atoms with Gasteiger partial charge in [-0.05, 0) is 19.9 Å². The number of nitrogens with one attached hydrogen (secondary N) is 1. The summed E-state index contributed by atoms with van der Waals surface area (Å²) in [6.07, 6.45) is 1.46. The van der Waals surface area contributed by atoms with E-state index in [2.05, 4.69) is 5.43 Å². The van der Waals surface area contributed by atoms with Crippen molar-refractivity contribution in [3.8, 4) is 0 Å². The maximum Gasteiger partial charge on any atom is 0.229 e. The zero-order chi connectivity index (χ0) is 8.48. The Bertz CT molecular complexity index is 207. The highest BCUT2D eigenvalue weighted by molar-refractivity contribution is 7.89. The van der Waals surface area contributed by atoms with Gasteiger partial charge in [-0.25, -0.2) is 13.8 Å². The van der Waals surface area contributed by atoms with E-state index in [1.54, 1.807) is 7.05 Å². The van der Waals surface area contributed by atoms with Crippen LogP contribution in [0.1, 0.15) is 19.8 Å². The zero-order valence-electron chi connectivity index (χ0n) is 6.87. The second-order valence-corrected chi connectivity index (χ2v) is 4.80. The van der Waals surface area contributed by atoms with Crippen molar-refractivity contribution in [3.63, 3.8) is 0 Å². The summed E-state index contributed by atoms with van der Waals surface area (Å²) >= 11 is 0. The van der Waals surface area contributed by atoms with Gasteiger partial charge in [-0.2, -0.15) is 0 Å². The van der Waals surface area contributed by atoms with Gasteiger partial charge in [0.2, 0.25) is 10.0 Å². The molecule has 0 saturated carbocycles. The molecule has 0 aromatic carbocycles. The Morgan fingerprint density at radius 1 is 1.64 bits per heavy atom. The summed E-state index contributed by atoms with van der Waals surface area (Å²) < 4.78 is 24.2. The number of hydrogen-bond donors (Lipinski definition) is 1. The summed E-state index contributed by atoms with van der Waals surface area (Å²) in [5, 5.41) is -0.171. The lowest BCUT2D eigenvalue weighted by molar-refractivity contribution is 0.372. The standard InChI is InChI=1S/C6H14N2O2S/c1-3-6-4-5-8(7-2)11(6,9)10/h6-7H,3-5H2,1-2H3. The minimum atomic E-state index is -3.01. The highest BCUT2D eigenvalue weighted by atomic mass is 32.2. The predicted molar refractivity (Wildman–Crippen MR) is 43.4 cm³/mol. The van der Waals surface area contributed by atoms with Crippen LogP contribution in [0, 0.1) is 0 Å². The van der Waals surface area contributed by atoms with Crippen LogP contribution in [-0.4, -0.2) is 31.7 Å². The highest BCUT2D eigenvalue weighted by Crippen LogP contribution is 2.21. The Morgan fingerprint density at radius 2 is 2.27 bits per heavy atom. The van der Waals surface area contributed by atoms with Crippen LogP contribution in [0.4, 0.5) is 0 Å². The third kappa shape index (κ3) is 1.40. The van der Waals surface area contributed by atoms with Crippen LogP contribution in [0.25, 0.3) is 0 Å². The molecule has 0 aromatic heterocycles. The molecule has 0 amide bonds. The number of hydrazine groups is 1. The van der Waals surface area contributed by atoms with E-state index in [4.69, 9.17) is 0 Å². The van der Waals surface area contributed by atoms with Crippen molar-refractivity contribution in [2.45, 2.75) is 25.0 Å². The molecule has 1 saturated heterocycles. The van der Waals surface area contributed by atoms with Gasteiger partial charge in [0.25, 0.3) is 0 Å². The lowest BCUT2D eigenvalue weighted by Gasteiger charge is -2.13. The molecule has 1 aliphatic rings. The Labute approximate surface area is 67.6 Å². The SMILES string of the molecule is CCC1CCN(NC)S1(=O)=O. The molecule has 1 fully saturated rings. The van der Waals surface area contributed by atoms with Crippen molar-refractivity contribution < 1.29 is 8.42 Å². The topological polar surface area (TPSA) is 49.4 Å². The Hall–Kier alpha value is -0.130. The molecule has 1 unspecified atom stereocenters. The lowest BCUT2D eigenvalue weighted by Crippen LogP contribution is -2.38. The van der Waals surface area contributed by atoms with E-state index in [9.17, 15) is 8.42 Å². The minimum absolute atomic E-state index is 0.171. The van der Waals surface area contributed by atoms with Crippen LogP contribution < -0.4 is 5.43 Å².